The Labute approximate surface area is 112 Å². The van der Waals surface area contributed by atoms with Crippen LogP contribution in [-0.2, 0) is 6.54 Å². The molecule has 0 saturated carbocycles. The van der Waals surface area contributed by atoms with E-state index in [1.807, 2.05) is 6.07 Å². The third kappa shape index (κ3) is 2.36. The molecule has 2 N–H and O–H groups in total. The number of nitrogens with two attached hydrogens (primary N) is 1. The van der Waals surface area contributed by atoms with Gasteiger partial charge in [0.25, 0.3) is 0 Å². The number of likely N-dealkylation sites (N-methyl/N-ethyl adjacent to an activating group) is 1. The number of hydrogen-bond acceptors (Lipinski definition) is 4. The fraction of sp³-hybridized carbons (Fsp3) is 0.429. The lowest BCUT2D eigenvalue weighted by molar-refractivity contribution is 0.148. The van der Waals surface area contributed by atoms with Crippen LogP contribution in [0, 0.1) is 0 Å². The molecule has 1 saturated heterocycles. The third-order valence-corrected chi connectivity index (χ3v) is 4.66. The van der Waals surface area contributed by atoms with Gasteiger partial charge in [-0.3, -0.25) is 4.90 Å². The molecule has 2 heterocycles. The van der Waals surface area contributed by atoms with E-state index in [9.17, 15) is 0 Å². The molecule has 0 spiro atoms. The lowest BCUT2D eigenvalue weighted by Gasteiger charge is -2.32. The van der Waals surface area contributed by atoms with Gasteiger partial charge in [-0.1, -0.05) is 6.07 Å². The summed E-state index contributed by atoms with van der Waals surface area (Å²) < 4.78 is 1.30. The van der Waals surface area contributed by atoms with Crippen molar-refractivity contribution in [2.45, 2.75) is 6.54 Å². The Kier molecular flexibility index (Phi) is 3.24. The predicted octanol–water partition coefficient (Wildman–Crippen LogP) is 2.23. The third-order valence-electron chi connectivity index (χ3n) is 3.67. The molecule has 4 heteroatoms. The van der Waals surface area contributed by atoms with Gasteiger partial charge in [0.1, 0.15) is 0 Å². The van der Waals surface area contributed by atoms with Crippen molar-refractivity contribution >= 4 is 27.1 Å². The molecule has 0 bridgehead atoms. The number of rotatable bonds is 2. The van der Waals surface area contributed by atoms with Crippen LogP contribution in [0.3, 0.4) is 0 Å². The van der Waals surface area contributed by atoms with E-state index < -0.39 is 0 Å². The number of hydrogen-bond donors (Lipinski definition) is 1. The van der Waals surface area contributed by atoms with Crippen LogP contribution in [0.4, 0.5) is 5.69 Å². The fourth-order valence-electron chi connectivity index (χ4n) is 2.47. The smallest absolute Gasteiger partial charge is 0.0366 e. The minimum atomic E-state index is 0.857. The molecule has 96 valence electrons. The molecule has 1 aliphatic rings. The quantitative estimate of drug-likeness (QED) is 0.842. The zero-order valence-corrected chi connectivity index (χ0v) is 11.5. The van der Waals surface area contributed by atoms with E-state index in [1.54, 1.807) is 11.3 Å². The monoisotopic (exact) mass is 261 g/mol. The van der Waals surface area contributed by atoms with E-state index in [4.69, 9.17) is 5.73 Å². The molecule has 3 rings (SSSR count). The maximum Gasteiger partial charge on any atom is 0.0366 e. The molecular weight excluding hydrogens is 242 g/mol. The molecule has 0 radical (unpaired) electrons. The average molecular weight is 261 g/mol. The van der Waals surface area contributed by atoms with Gasteiger partial charge in [0.05, 0.1) is 0 Å². The SMILES string of the molecule is CN1CCN(Cc2csc3cc(N)ccc23)CC1. The van der Waals surface area contributed by atoms with Crippen LogP contribution in [-0.4, -0.2) is 43.0 Å². The number of thiophene rings is 1. The fourth-order valence-corrected chi connectivity index (χ4v) is 3.47. The molecule has 0 unspecified atom stereocenters. The molecule has 1 aromatic carbocycles. The van der Waals surface area contributed by atoms with Crippen molar-refractivity contribution in [3.05, 3.63) is 29.1 Å². The molecular formula is C14H19N3S. The molecule has 2 aromatic rings. The summed E-state index contributed by atoms with van der Waals surface area (Å²) in [5.74, 6) is 0. The van der Waals surface area contributed by atoms with E-state index >= 15 is 0 Å². The first-order valence-corrected chi connectivity index (χ1v) is 7.27. The molecule has 0 atom stereocenters. The van der Waals surface area contributed by atoms with Gasteiger partial charge in [-0.05, 0) is 35.5 Å². The summed E-state index contributed by atoms with van der Waals surface area (Å²) in [7, 11) is 2.19. The summed E-state index contributed by atoms with van der Waals surface area (Å²) in [6, 6.07) is 6.24. The highest BCUT2D eigenvalue weighted by Gasteiger charge is 2.15. The highest BCUT2D eigenvalue weighted by Crippen LogP contribution is 2.28. The standard InChI is InChI=1S/C14H19N3S/c1-16-4-6-17(7-5-16)9-11-10-18-14-8-12(15)2-3-13(11)14/h2-3,8,10H,4-7,9,15H2,1H3. The van der Waals surface area contributed by atoms with Crippen molar-refractivity contribution < 1.29 is 0 Å². The van der Waals surface area contributed by atoms with Crippen molar-refractivity contribution in [3.8, 4) is 0 Å². The van der Waals surface area contributed by atoms with Crippen LogP contribution in [0.25, 0.3) is 10.1 Å². The zero-order valence-electron chi connectivity index (χ0n) is 10.7. The van der Waals surface area contributed by atoms with E-state index in [0.29, 0.717) is 0 Å². The number of nitrogens with zero attached hydrogens (tertiary/aromatic N) is 2. The van der Waals surface area contributed by atoms with Crippen LogP contribution in [0.2, 0.25) is 0 Å². The van der Waals surface area contributed by atoms with Crippen LogP contribution >= 0.6 is 11.3 Å². The molecule has 1 aliphatic heterocycles. The van der Waals surface area contributed by atoms with Crippen molar-refractivity contribution in [2.75, 3.05) is 39.0 Å². The number of nitrogen functional groups attached to an aromatic ring is 1. The number of piperazine rings is 1. The predicted molar refractivity (Wildman–Crippen MR) is 79.0 cm³/mol. The lowest BCUT2D eigenvalue weighted by Crippen LogP contribution is -2.43. The maximum absolute atomic E-state index is 5.82. The number of fused-ring (bicyclic) bond motifs is 1. The topological polar surface area (TPSA) is 32.5 Å². The van der Waals surface area contributed by atoms with Crippen LogP contribution in [0.1, 0.15) is 5.56 Å². The number of anilines is 1. The van der Waals surface area contributed by atoms with Gasteiger partial charge < -0.3 is 10.6 Å². The summed E-state index contributed by atoms with van der Waals surface area (Å²) in [5, 5.41) is 3.65. The number of benzene rings is 1. The Bertz CT molecular complexity index is 541. The van der Waals surface area contributed by atoms with Crippen molar-refractivity contribution in [1.29, 1.82) is 0 Å². The Morgan fingerprint density at radius 3 is 2.78 bits per heavy atom. The first-order chi connectivity index (χ1) is 8.72. The van der Waals surface area contributed by atoms with Crippen LogP contribution < -0.4 is 5.73 Å². The van der Waals surface area contributed by atoms with Gasteiger partial charge in [-0.25, -0.2) is 0 Å². The van der Waals surface area contributed by atoms with Gasteiger partial charge in [0.2, 0.25) is 0 Å². The molecule has 0 aliphatic carbocycles. The molecule has 1 fully saturated rings. The van der Waals surface area contributed by atoms with Gasteiger partial charge in [-0.15, -0.1) is 11.3 Å². The summed E-state index contributed by atoms with van der Waals surface area (Å²) in [4.78, 5) is 4.93. The lowest BCUT2D eigenvalue weighted by atomic mass is 10.1. The Morgan fingerprint density at radius 1 is 1.22 bits per heavy atom. The first-order valence-electron chi connectivity index (χ1n) is 6.39. The Morgan fingerprint density at radius 2 is 2.00 bits per heavy atom. The van der Waals surface area contributed by atoms with E-state index in [-0.39, 0.29) is 0 Å². The minimum Gasteiger partial charge on any atom is -0.399 e. The van der Waals surface area contributed by atoms with Crippen molar-refractivity contribution in [3.63, 3.8) is 0 Å². The second-order valence-corrected chi connectivity index (χ2v) is 6.01. The first kappa shape index (κ1) is 12.0. The van der Waals surface area contributed by atoms with E-state index in [0.717, 1.165) is 12.2 Å². The van der Waals surface area contributed by atoms with Gasteiger partial charge >= 0.3 is 0 Å². The molecule has 18 heavy (non-hydrogen) atoms. The van der Waals surface area contributed by atoms with Gasteiger partial charge in [0, 0.05) is 43.1 Å². The Balaban J connectivity index is 1.78. The van der Waals surface area contributed by atoms with E-state index in [1.165, 1.54) is 41.8 Å². The minimum absolute atomic E-state index is 0.857. The van der Waals surface area contributed by atoms with Crippen molar-refractivity contribution in [2.24, 2.45) is 0 Å². The molecule has 3 nitrogen and oxygen atoms in total. The molecule has 0 amide bonds. The maximum atomic E-state index is 5.82. The summed E-state index contributed by atoms with van der Waals surface area (Å²) in [6.45, 7) is 5.76. The normalized spacial score (nSPS) is 18.5. The average Bonchev–Trinajstić information content (AvgIpc) is 2.74. The molecule has 1 aromatic heterocycles. The van der Waals surface area contributed by atoms with Gasteiger partial charge in [0.15, 0.2) is 0 Å². The Hall–Kier alpha value is -1.10. The largest absolute Gasteiger partial charge is 0.399 e. The van der Waals surface area contributed by atoms with Crippen LogP contribution in [0.5, 0.6) is 0 Å². The van der Waals surface area contributed by atoms with E-state index in [2.05, 4.69) is 34.4 Å². The van der Waals surface area contributed by atoms with Crippen LogP contribution in [0.15, 0.2) is 23.6 Å². The summed E-state index contributed by atoms with van der Waals surface area (Å²) in [6.07, 6.45) is 0. The zero-order chi connectivity index (χ0) is 12.5. The highest BCUT2D eigenvalue weighted by molar-refractivity contribution is 7.17. The summed E-state index contributed by atoms with van der Waals surface area (Å²) in [5.41, 5.74) is 8.12. The van der Waals surface area contributed by atoms with Crippen molar-refractivity contribution in [1.82, 2.24) is 9.80 Å². The second-order valence-electron chi connectivity index (χ2n) is 5.10. The summed E-state index contributed by atoms with van der Waals surface area (Å²) >= 11 is 1.80. The second kappa shape index (κ2) is 4.88. The van der Waals surface area contributed by atoms with Gasteiger partial charge in [-0.2, -0.15) is 0 Å². The highest BCUT2D eigenvalue weighted by atomic mass is 32.1.